The van der Waals surface area contributed by atoms with Crippen molar-refractivity contribution in [2.24, 2.45) is 0 Å². The van der Waals surface area contributed by atoms with Gasteiger partial charge >= 0.3 is 0 Å². The minimum atomic E-state index is -0.227. The van der Waals surface area contributed by atoms with E-state index in [0.29, 0.717) is 18.9 Å². The Morgan fingerprint density at radius 2 is 1.90 bits per heavy atom. The monoisotopic (exact) mass is 391 g/mol. The molecule has 7 heteroatoms. The minimum Gasteiger partial charge on any atom is -0.350 e. The number of nitrogens with zero attached hydrogens (tertiary/aromatic N) is 4. The molecule has 1 aromatic carbocycles. The van der Waals surface area contributed by atoms with E-state index in [1.54, 1.807) is 4.68 Å². The van der Waals surface area contributed by atoms with Gasteiger partial charge in [0.25, 0.3) is 5.56 Å². The molecule has 1 aliphatic rings. The highest BCUT2D eigenvalue weighted by Gasteiger charge is 2.23. The molecule has 1 aliphatic carbocycles. The zero-order chi connectivity index (χ0) is 20.5. The second-order valence-corrected chi connectivity index (χ2v) is 7.68. The third kappa shape index (κ3) is 3.85. The molecule has 0 spiro atoms. The van der Waals surface area contributed by atoms with E-state index in [-0.39, 0.29) is 18.0 Å². The molecule has 150 valence electrons. The highest BCUT2D eigenvalue weighted by Crippen LogP contribution is 2.19. The van der Waals surface area contributed by atoms with Crippen LogP contribution in [0, 0.1) is 20.8 Å². The van der Waals surface area contributed by atoms with E-state index in [1.165, 1.54) is 10.1 Å². The van der Waals surface area contributed by atoms with E-state index in [9.17, 15) is 9.59 Å². The van der Waals surface area contributed by atoms with Crippen molar-refractivity contribution in [1.29, 1.82) is 0 Å². The number of rotatable bonds is 5. The van der Waals surface area contributed by atoms with Gasteiger partial charge in [0.05, 0.1) is 11.4 Å². The van der Waals surface area contributed by atoms with E-state index in [4.69, 9.17) is 4.98 Å². The van der Waals surface area contributed by atoms with E-state index in [0.717, 1.165) is 41.1 Å². The molecule has 1 N–H and O–H groups in total. The van der Waals surface area contributed by atoms with Gasteiger partial charge in [-0.2, -0.15) is 5.10 Å². The van der Waals surface area contributed by atoms with Gasteiger partial charge in [-0.25, -0.2) is 9.67 Å². The van der Waals surface area contributed by atoms with Crippen LogP contribution in [0.2, 0.25) is 0 Å². The molecular weight excluding hydrogens is 366 g/mol. The predicted octanol–water partition coefficient (Wildman–Crippen LogP) is 2.16. The van der Waals surface area contributed by atoms with Gasteiger partial charge < -0.3 is 5.32 Å². The van der Waals surface area contributed by atoms with Crippen molar-refractivity contribution >= 4 is 5.91 Å². The van der Waals surface area contributed by atoms with Gasteiger partial charge in [-0.1, -0.05) is 29.8 Å². The molecule has 0 unspecified atom stereocenters. The van der Waals surface area contributed by atoms with E-state index < -0.39 is 0 Å². The zero-order valence-electron chi connectivity index (χ0n) is 17.0. The number of hydrogen-bond donors (Lipinski definition) is 1. The normalized spacial score (nSPS) is 12.8. The molecule has 0 fully saturated rings. The van der Waals surface area contributed by atoms with Crippen LogP contribution in [0.15, 0.2) is 35.1 Å². The highest BCUT2D eigenvalue weighted by atomic mass is 16.2. The lowest BCUT2D eigenvalue weighted by Crippen LogP contribution is -2.36. The molecular formula is C22H25N5O2. The van der Waals surface area contributed by atoms with Crippen molar-refractivity contribution in [3.05, 3.63) is 74.5 Å². The molecule has 0 saturated carbocycles. The molecule has 2 aromatic heterocycles. The molecule has 0 bridgehead atoms. The lowest BCUT2D eigenvalue weighted by atomic mass is 10.1. The summed E-state index contributed by atoms with van der Waals surface area (Å²) in [5.74, 6) is 0.182. The Bertz CT molecular complexity index is 1130. The van der Waals surface area contributed by atoms with Gasteiger partial charge in [0.1, 0.15) is 6.54 Å². The first kappa shape index (κ1) is 19.1. The Labute approximate surface area is 169 Å². The van der Waals surface area contributed by atoms with Gasteiger partial charge in [-0.3, -0.25) is 14.2 Å². The van der Waals surface area contributed by atoms with Crippen LogP contribution in [0.1, 0.15) is 40.2 Å². The summed E-state index contributed by atoms with van der Waals surface area (Å²) in [4.78, 5) is 30.5. The molecule has 3 aromatic rings. The topological polar surface area (TPSA) is 81.8 Å². The predicted molar refractivity (Wildman–Crippen MR) is 110 cm³/mol. The number of aryl methyl sites for hydroxylation is 4. The van der Waals surface area contributed by atoms with Crippen LogP contribution in [-0.2, 0) is 30.7 Å². The standard InChI is InChI=1S/C22H25N5O2/c1-14-7-9-17(10-8-14)12-23-20(28)13-26-21(29)18-5-4-6-19(18)24-22(26)27-16(3)11-15(2)25-27/h7-11H,4-6,12-13H2,1-3H3,(H,23,28). The molecule has 0 atom stereocenters. The number of fused-ring (bicyclic) bond motifs is 1. The fourth-order valence-electron chi connectivity index (χ4n) is 3.76. The van der Waals surface area contributed by atoms with Crippen LogP contribution < -0.4 is 10.9 Å². The first-order valence-corrected chi connectivity index (χ1v) is 9.91. The SMILES string of the molecule is Cc1ccc(CNC(=O)Cn2c(-n3nc(C)cc3C)nc3c(c2=O)CCC3)cc1. The van der Waals surface area contributed by atoms with Gasteiger partial charge in [-0.05, 0) is 51.7 Å². The maximum absolute atomic E-state index is 13.1. The van der Waals surface area contributed by atoms with Crippen molar-refractivity contribution in [3.63, 3.8) is 0 Å². The molecule has 0 radical (unpaired) electrons. The van der Waals surface area contributed by atoms with Crippen LogP contribution in [0.25, 0.3) is 5.95 Å². The van der Waals surface area contributed by atoms with Crippen molar-refractivity contribution in [2.45, 2.75) is 53.1 Å². The number of carbonyl (C=O) groups is 1. The molecule has 0 saturated heterocycles. The maximum Gasteiger partial charge on any atom is 0.258 e. The number of hydrogen-bond acceptors (Lipinski definition) is 4. The third-order valence-electron chi connectivity index (χ3n) is 5.28. The number of carbonyl (C=O) groups excluding carboxylic acids is 1. The van der Waals surface area contributed by atoms with E-state index in [1.807, 2.05) is 51.1 Å². The molecule has 1 amide bonds. The Kier molecular flexibility index (Phi) is 5.05. The maximum atomic E-state index is 13.1. The fraction of sp³-hybridized carbons (Fsp3) is 0.364. The molecule has 4 rings (SSSR count). The lowest BCUT2D eigenvalue weighted by Gasteiger charge is -2.15. The highest BCUT2D eigenvalue weighted by molar-refractivity contribution is 5.76. The smallest absolute Gasteiger partial charge is 0.258 e. The van der Waals surface area contributed by atoms with Gasteiger partial charge in [-0.15, -0.1) is 0 Å². The third-order valence-corrected chi connectivity index (χ3v) is 5.28. The second-order valence-electron chi connectivity index (χ2n) is 7.68. The largest absolute Gasteiger partial charge is 0.350 e. The number of amides is 1. The average molecular weight is 391 g/mol. The van der Waals surface area contributed by atoms with Gasteiger partial charge in [0.15, 0.2) is 0 Å². The summed E-state index contributed by atoms with van der Waals surface area (Å²) < 4.78 is 3.11. The quantitative estimate of drug-likeness (QED) is 0.723. The molecule has 7 nitrogen and oxygen atoms in total. The van der Waals surface area contributed by atoms with Crippen LogP contribution in [-0.4, -0.2) is 25.2 Å². The summed E-state index contributed by atoms with van der Waals surface area (Å²) in [5, 5.41) is 7.38. The molecule has 29 heavy (non-hydrogen) atoms. The first-order chi connectivity index (χ1) is 13.9. The van der Waals surface area contributed by atoms with Crippen LogP contribution in [0.3, 0.4) is 0 Å². The first-order valence-electron chi connectivity index (χ1n) is 9.91. The number of nitrogens with one attached hydrogen (secondary N) is 1. The second kappa shape index (κ2) is 7.66. The summed E-state index contributed by atoms with van der Waals surface area (Å²) >= 11 is 0. The number of aromatic nitrogens is 4. The van der Waals surface area contributed by atoms with Crippen LogP contribution in [0.4, 0.5) is 0 Å². The fourth-order valence-corrected chi connectivity index (χ4v) is 3.76. The Balaban J connectivity index is 1.63. The zero-order valence-corrected chi connectivity index (χ0v) is 17.0. The lowest BCUT2D eigenvalue weighted by molar-refractivity contribution is -0.121. The molecule has 0 aliphatic heterocycles. The Morgan fingerprint density at radius 1 is 1.14 bits per heavy atom. The van der Waals surface area contributed by atoms with Gasteiger partial charge in [0, 0.05) is 17.8 Å². The van der Waals surface area contributed by atoms with Crippen molar-refractivity contribution in [2.75, 3.05) is 0 Å². The summed E-state index contributed by atoms with van der Waals surface area (Å²) in [6, 6.07) is 9.93. The summed E-state index contributed by atoms with van der Waals surface area (Å²) in [7, 11) is 0. The van der Waals surface area contributed by atoms with Crippen LogP contribution in [0.5, 0.6) is 0 Å². The van der Waals surface area contributed by atoms with E-state index >= 15 is 0 Å². The van der Waals surface area contributed by atoms with Crippen molar-refractivity contribution < 1.29 is 4.79 Å². The number of benzene rings is 1. The minimum absolute atomic E-state index is 0.0847. The van der Waals surface area contributed by atoms with Gasteiger partial charge in [0.2, 0.25) is 11.9 Å². The summed E-state index contributed by atoms with van der Waals surface area (Å²) in [6.45, 7) is 6.17. The molecule has 2 heterocycles. The van der Waals surface area contributed by atoms with E-state index in [2.05, 4.69) is 10.4 Å². The average Bonchev–Trinajstić information content (AvgIpc) is 3.29. The Morgan fingerprint density at radius 3 is 2.59 bits per heavy atom. The Hall–Kier alpha value is -3.22. The van der Waals surface area contributed by atoms with Crippen LogP contribution >= 0.6 is 0 Å². The van der Waals surface area contributed by atoms with Crippen molar-refractivity contribution in [3.8, 4) is 5.95 Å². The van der Waals surface area contributed by atoms with Crippen molar-refractivity contribution in [1.82, 2.24) is 24.6 Å². The summed E-state index contributed by atoms with van der Waals surface area (Å²) in [6.07, 6.45) is 2.42. The summed E-state index contributed by atoms with van der Waals surface area (Å²) in [5.41, 5.74) is 5.32.